The van der Waals surface area contributed by atoms with Crippen LogP contribution in [-0.2, 0) is 30.5 Å². The van der Waals surface area contributed by atoms with Crippen LogP contribution in [0.5, 0.6) is 5.75 Å². The van der Waals surface area contributed by atoms with E-state index in [4.69, 9.17) is 9.97 Å². The van der Waals surface area contributed by atoms with E-state index in [1.54, 1.807) is 6.07 Å². The lowest BCUT2D eigenvalue weighted by molar-refractivity contribution is -0.116. The highest BCUT2D eigenvalue weighted by Gasteiger charge is 2.26. The monoisotopic (exact) mass is 478 g/mol. The molecule has 1 aliphatic carbocycles. The number of nitrogens with one attached hydrogen (secondary N) is 1. The van der Waals surface area contributed by atoms with Crippen LogP contribution in [-0.4, -0.2) is 21.0 Å². The first-order valence-corrected chi connectivity index (χ1v) is 12.1. The summed E-state index contributed by atoms with van der Waals surface area (Å²) in [7, 11) is 0. The number of aromatic hydroxyl groups is 1. The molecule has 7 nitrogen and oxygen atoms in total. The van der Waals surface area contributed by atoms with E-state index in [9.17, 15) is 14.8 Å². The van der Waals surface area contributed by atoms with Gasteiger partial charge in [0.1, 0.15) is 5.75 Å². The number of anilines is 1. The lowest BCUT2D eigenvalue weighted by Gasteiger charge is -2.22. The Labute approximate surface area is 209 Å². The van der Waals surface area contributed by atoms with E-state index < -0.39 is 0 Å². The maximum Gasteiger partial charge on any atom is 0.225 e. The summed E-state index contributed by atoms with van der Waals surface area (Å²) >= 11 is 0. The fourth-order valence-electron chi connectivity index (χ4n) is 4.64. The van der Waals surface area contributed by atoms with Gasteiger partial charge >= 0.3 is 0 Å². The smallest absolute Gasteiger partial charge is 0.225 e. The minimum Gasteiger partial charge on any atom is -0.506 e. The van der Waals surface area contributed by atoms with Crippen molar-refractivity contribution in [2.45, 2.75) is 38.5 Å². The van der Waals surface area contributed by atoms with Crippen LogP contribution >= 0.6 is 0 Å². The molecule has 1 aliphatic rings. The number of hydrogen-bond donors (Lipinski definition) is 2. The van der Waals surface area contributed by atoms with E-state index in [0.29, 0.717) is 48.5 Å². The number of nitrogens with zero attached hydrogens (tertiary/aromatic N) is 3. The molecule has 0 aliphatic heterocycles. The van der Waals surface area contributed by atoms with Crippen molar-refractivity contribution in [2.75, 3.05) is 5.32 Å². The Morgan fingerprint density at radius 1 is 0.917 bits per heavy atom. The van der Waals surface area contributed by atoms with Crippen LogP contribution in [0.3, 0.4) is 0 Å². The van der Waals surface area contributed by atoms with Crippen molar-refractivity contribution in [1.82, 2.24) is 9.97 Å². The minimum absolute atomic E-state index is 0.0559. The van der Waals surface area contributed by atoms with Crippen LogP contribution < -0.4 is 5.32 Å². The summed E-state index contributed by atoms with van der Waals surface area (Å²) in [4.78, 5) is 34.0. The average molecular weight is 479 g/mol. The van der Waals surface area contributed by atoms with E-state index in [2.05, 4.69) is 22.6 Å². The van der Waals surface area contributed by atoms with Crippen LogP contribution in [0, 0.1) is 4.91 Å². The number of aryl methyl sites for hydroxylation is 2. The van der Waals surface area contributed by atoms with E-state index in [-0.39, 0.29) is 17.3 Å². The summed E-state index contributed by atoms with van der Waals surface area (Å²) in [6.45, 7) is 0. The molecular weight excluding hydrogens is 452 g/mol. The molecule has 180 valence electrons. The molecule has 36 heavy (non-hydrogen) atoms. The molecule has 0 radical (unpaired) electrons. The van der Waals surface area contributed by atoms with Gasteiger partial charge in [0, 0.05) is 18.4 Å². The quantitative estimate of drug-likeness (QED) is 0.307. The molecule has 4 aromatic rings. The molecule has 0 saturated carbocycles. The molecule has 0 atom stereocenters. The summed E-state index contributed by atoms with van der Waals surface area (Å²) < 4.78 is 0. The van der Waals surface area contributed by atoms with Crippen molar-refractivity contribution in [1.29, 1.82) is 0 Å². The van der Waals surface area contributed by atoms with E-state index in [1.165, 1.54) is 11.6 Å². The van der Waals surface area contributed by atoms with Gasteiger partial charge in [0.25, 0.3) is 0 Å². The summed E-state index contributed by atoms with van der Waals surface area (Å²) in [6, 6.07) is 23.2. The largest absolute Gasteiger partial charge is 0.506 e. The lowest BCUT2D eigenvalue weighted by Crippen LogP contribution is -2.18. The zero-order chi connectivity index (χ0) is 24.9. The minimum atomic E-state index is -0.135. The predicted molar refractivity (Wildman–Crippen MR) is 139 cm³/mol. The van der Waals surface area contributed by atoms with Gasteiger partial charge < -0.3 is 10.4 Å². The first kappa shape index (κ1) is 23.4. The van der Waals surface area contributed by atoms with Crippen molar-refractivity contribution >= 4 is 17.4 Å². The predicted octanol–water partition coefficient (Wildman–Crippen LogP) is 5.90. The number of amides is 1. The van der Waals surface area contributed by atoms with Crippen LogP contribution in [0.4, 0.5) is 11.5 Å². The van der Waals surface area contributed by atoms with Crippen LogP contribution in [0.2, 0.25) is 0 Å². The molecule has 0 bridgehead atoms. The maximum absolute atomic E-state index is 12.8. The molecule has 5 rings (SSSR count). The van der Waals surface area contributed by atoms with Gasteiger partial charge in [-0.05, 0) is 59.7 Å². The Kier molecular flexibility index (Phi) is 6.80. The van der Waals surface area contributed by atoms with Crippen LogP contribution in [0.15, 0.2) is 78.0 Å². The molecule has 7 heteroatoms. The second kappa shape index (κ2) is 10.5. The highest BCUT2D eigenvalue weighted by Crippen LogP contribution is 2.42. The number of nitroso groups, excluding NO2 is 1. The first-order chi connectivity index (χ1) is 17.6. The standard InChI is InChI=1S/C29H26N4O3/c34-25-17-15-21-22(28(25)33-36)14-16-23-27(21)30-24(18-20-10-5-2-6-11-20)29(31-23)32-26(35)13-7-12-19-8-3-1-4-9-19/h1-6,8-11,15,17,34H,7,12-14,16,18H2,(H,31,32,35). The second-order valence-corrected chi connectivity index (χ2v) is 8.91. The van der Waals surface area contributed by atoms with Crippen LogP contribution in [0.1, 0.15) is 40.9 Å². The molecule has 1 heterocycles. The number of benzene rings is 3. The molecule has 1 aromatic heterocycles. The molecule has 0 fully saturated rings. The zero-order valence-electron chi connectivity index (χ0n) is 19.8. The summed E-state index contributed by atoms with van der Waals surface area (Å²) in [6.07, 6.45) is 3.49. The molecule has 3 aromatic carbocycles. The number of fused-ring (bicyclic) bond motifs is 3. The number of rotatable bonds is 8. The van der Waals surface area contributed by atoms with Crippen LogP contribution in [0.25, 0.3) is 11.3 Å². The van der Waals surface area contributed by atoms with Crippen molar-refractivity contribution < 1.29 is 9.90 Å². The zero-order valence-corrected chi connectivity index (χ0v) is 19.8. The van der Waals surface area contributed by atoms with E-state index in [1.807, 2.05) is 48.5 Å². The van der Waals surface area contributed by atoms with E-state index in [0.717, 1.165) is 29.7 Å². The third kappa shape index (κ3) is 5.00. The van der Waals surface area contributed by atoms with Gasteiger partial charge in [0.15, 0.2) is 11.5 Å². The molecular formula is C29H26N4O3. The summed E-state index contributed by atoms with van der Waals surface area (Å²) in [5, 5.41) is 16.1. The van der Waals surface area contributed by atoms with E-state index >= 15 is 0 Å². The topological polar surface area (TPSA) is 105 Å². The number of phenols is 1. The normalized spacial score (nSPS) is 11.9. The van der Waals surface area contributed by atoms with Gasteiger partial charge in [-0.15, -0.1) is 4.91 Å². The van der Waals surface area contributed by atoms with Crippen molar-refractivity contribution in [3.05, 3.63) is 106 Å². The third-order valence-electron chi connectivity index (χ3n) is 6.44. The average Bonchev–Trinajstić information content (AvgIpc) is 2.90. The fraction of sp³-hybridized carbons (Fsp3) is 0.207. The Morgan fingerprint density at radius 3 is 2.36 bits per heavy atom. The molecule has 0 spiro atoms. The summed E-state index contributed by atoms with van der Waals surface area (Å²) in [5.74, 6) is 0.241. The second-order valence-electron chi connectivity index (χ2n) is 8.91. The Balaban J connectivity index is 1.44. The lowest BCUT2D eigenvalue weighted by atomic mass is 9.90. The number of carbonyl (C=O) groups excluding carboxylic acids is 1. The first-order valence-electron chi connectivity index (χ1n) is 12.1. The van der Waals surface area contributed by atoms with Gasteiger partial charge in [0.2, 0.25) is 5.91 Å². The van der Waals surface area contributed by atoms with Gasteiger partial charge in [-0.3, -0.25) is 4.79 Å². The number of phenolic OH excluding ortho intramolecular Hbond substituents is 1. The van der Waals surface area contributed by atoms with Gasteiger partial charge in [-0.2, -0.15) is 0 Å². The molecule has 0 unspecified atom stereocenters. The number of carbonyl (C=O) groups is 1. The Morgan fingerprint density at radius 2 is 1.64 bits per heavy atom. The highest BCUT2D eigenvalue weighted by molar-refractivity contribution is 5.90. The van der Waals surface area contributed by atoms with Gasteiger partial charge in [0.05, 0.1) is 17.1 Å². The Hall–Kier alpha value is -4.39. The molecule has 2 N–H and O–H groups in total. The molecule has 1 amide bonds. The van der Waals surface area contributed by atoms with Crippen molar-refractivity contribution in [2.24, 2.45) is 5.18 Å². The molecule has 0 saturated heterocycles. The fourth-order valence-corrected chi connectivity index (χ4v) is 4.64. The summed E-state index contributed by atoms with van der Waals surface area (Å²) in [5.41, 5.74) is 5.79. The maximum atomic E-state index is 12.8. The third-order valence-corrected chi connectivity index (χ3v) is 6.44. The van der Waals surface area contributed by atoms with Crippen molar-refractivity contribution in [3.63, 3.8) is 0 Å². The van der Waals surface area contributed by atoms with Crippen molar-refractivity contribution in [3.8, 4) is 17.0 Å². The SMILES string of the molecule is O=Nc1c(O)ccc2c1CCc1nc(NC(=O)CCCc3ccccc3)c(Cc3ccccc3)nc1-2. The van der Waals surface area contributed by atoms with Gasteiger partial charge in [-0.25, -0.2) is 9.97 Å². The van der Waals surface area contributed by atoms with Gasteiger partial charge in [-0.1, -0.05) is 60.7 Å². The number of hydrogen-bond acceptors (Lipinski definition) is 6. The number of aromatic nitrogens is 2. The highest BCUT2D eigenvalue weighted by atomic mass is 16.3. The Bertz CT molecular complexity index is 1410.